The number of amides is 2. The number of anilines is 1. The fourth-order valence-electron chi connectivity index (χ4n) is 5.02. The average molecular weight is 406 g/mol. The molecule has 5 rings (SSSR count). The summed E-state index contributed by atoms with van der Waals surface area (Å²) < 4.78 is 11.4. The molecule has 1 atom stereocenters. The number of fused-ring (bicyclic) bond motifs is 2. The molecule has 0 bridgehead atoms. The molecule has 0 spiro atoms. The van der Waals surface area contributed by atoms with Crippen molar-refractivity contribution in [3.05, 3.63) is 53.6 Å². The second-order valence-corrected chi connectivity index (χ2v) is 8.46. The van der Waals surface area contributed by atoms with Crippen molar-refractivity contribution >= 4 is 17.5 Å². The molecule has 2 aromatic rings. The maximum Gasteiger partial charge on any atom is 0.228 e. The number of carbonyl (C=O) groups excluding carboxylic acids is 2. The lowest BCUT2D eigenvalue weighted by Gasteiger charge is -2.32. The molecule has 3 aliphatic rings. The molecule has 1 unspecified atom stereocenters. The topological polar surface area (TPSA) is 76.7 Å². The number of carbonyl (C=O) groups is 2. The lowest BCUT2D eigenvalue weighted by molar-refractivity contribution is -0.126. The minimum atomic E-state index is -0.450. The predicted molar refractivity (Wildman–Crippen MR) is 113 cm³/mol. The van der Waals surface area contributed by atoms with Crippen LogP contribution in [-0.4, -0.2) is 31.6 Å². The zero-order valence-corrected chi connectivity index (χ0v) is 16.9. The first-order valence-corrected chi connectivity index (χ1v) is 10.7. The van der Waals surface area contributed by atoms with Crippen molar-refractivity contribution in [2.24, 2.45) is 0 Å². The molecule has 0 saturated heterocycles. The number of benzene rings is 2. The standard InChI is InChI=1S/C24H26N2O4/c27-22-14-18(17-5-1-2-6-19(17)26-22)23(28)25-15-24(9-3-4-10-24)16-7-8-20-21(13-16)30-12-11-29-20/h1-2,5-8,13,18H,3-4,9-12,14-15H2,(H,25,28)(H,26,27). The second-order valence-electron chi connectivity index (χ2n) is 8.46. The normalized spacial score (nSPS) is 21.5. The van der Waals surface area contributed by atoms with Gasteiger partial charge >= 0.3 is 0 Å². The molecule has 2 amide bonds. The van der Waals surface area contributed by atoms with E-state index in [4.69, 9.17) is 9.47 Å². The first kappa shape index (κ1) is 19.0. The van der Waals surface area contributed by atoms with Gasteiger partial charge in [-0.1, -0.05) is 37.1 Å². The number of hydrogen-bond acceptors (Lipinski definition) is 4. The van der Waals surface area contributed by atoms with E-state index in [2.05, 4.69) is 22.8 Å². The van der Waals surface area contributed by atoms with Crippen molar-refractivity contribution in [1.29, 1.82) is 0 Å². The van der Waals surface area contributed by atoms with E-state index in [0.29, 0.717) is 19.8 Å². The van der Waals surface area contributed by atoms with Crippen LogP contribution in [0.1, 0.15) is 49.1 Å². The Morgan fingerprint density at radius 2 is 1.83 bits per heavy atom. The van der Waals surface area contributed by atoms with Crippen LogP contribution in [0, 0.1) is 0 Å². The monoisotopic (exact) mass is 406 g/mol. The Balaban J connectivity index is 1.36. The molecule has 0 radical (unpaired) electrons. The zero-order valence-electron chi connectivity index (χ0n) is 16.9. The Hall–Kier alpha value is -3.02. The summed E-state index contributed by atoms with van der Waals surface area (Å²) in [5.74, 6) is 0.923. The molecular weight excluding hydrogens is 380 g/mol. The van der Waals surface area contributed by atoms with Crippen molar-refractivity contribution < 1.29 is 19.1 Å². The highest BCUT2D eigenvalue weighted by atomic mass is 16.6. The fourth-order valence-corrected chi connectivity index (χ4v) is 5.02. The number of para-hydroxylation sites is 1. The Morgan fingerprint density at radius 1 is 1.07 bits per heavy atom. The Morgan fingerprint density at radius 3 is 2.67 bits per heavy atom. The van der Waals surface area contributed by atoms with Crippen LogP contribution < -0.4 is 20.1 Å². The molecule has 6 heteroatoms. The van der Waals surface area contributed by atoms with E-state index < -0.39 is 5.92 Å². The summed E-state index contributed by atoms with van der Waals surface area (Å²) in [6, 6.07) is 13.7. The summed E-state index contributed by atoms with van der Waals surface area (Å²) in [6.07, 6.45) is 4.50. The molecule has 156 valence electrons. The van der Waals surface area contributed by atoms with E-state index in [-0.39, 0.29) is 23.7 Å². The smallest absolute Gasteiger partial charge is 0.228 e. The van der Waals surface area contributed by atoms with Crippen molar-refractivity contribution in [2.75, 3.05) is 25.1 Å². The first-order valence-electron chi connectivity index (χ1n) is 10.7. The highest BCUT2D eigenvalue weighted by Gasteiger charge is 2.38. The van der Waals surface area contributed by atoms with Gasteiger partial charge in [0.25, 0.3) is 0 Å². The largest absolute Gasteiger partial charge is 0.486 e. The van der Waals surface area contributed by atoms with Gasteiger partial charge in [0.1, 0.15) is 13.2 Å². The minimum absolute atomic E-state index is 0.0823. The van der Waals surface area contributed by atoms with Gasteiger partial charge in [-0.05, 0) is 42.2 Å². The third-order valence-corrected chi connectivity index (χ3v) is 6.63. The first-order chi connectivity index (χ1) is 14.6. The van der Waals surface area contributed by atoms with Crippen molar-refractivity contribution in [3.63, 3.8) is 0 Å². The molecule has 2 N–H and O–H groups in total. The second kappa shape index (κ2) is 7.67. The van der Waals surface area contributed by atoms with Gasteiger partial charge in [0.05, 0.1) is 5.92 Å². The van der Waals surface area contributed by atoms with E-state index in [1.165, 1.54) is 5.56 Å². The van der Waals surface area contributed by atoms with Gasteiger partial charge in [-0.3, -0.25) is 9.59 Å². The van der Waals surface area contributed by atoms with Crippen molar-refractivity contribution in [2.45, 2.75) is 43.4 Å². The van der Waals surface area contributed by atoms with Gasteiger partial charge < -0.3 is 20.1 Å². The molecule has 1 saturated carbocycles. The highest BCUT2D eigenvalue weighted by molar-refractivity contribution is 6.01. The zero-order chi connectivity index (χ0) is 20.6. The maximum absolute atomic E-state index is 13.1. The van der Waals surface area contributed by atoms with E-state index in [9.17, 15) is 9.59 Å². The number of hydrogen-bond donors (Lipinski definition) is 2. The summed E-state index contributed by atoms with van der Waals surface area (Å²) in [5, 5.41) is 6.04. The van der Waals surface area contributed by atoms with E-state index in [1.807, 2.05) is 30.3 Å². The van der Waals surface area contributed by atoms with Crippen LogP contribution in [0.15, 0.2) is 42.5 Å². The molecule has 30 heavy (non-hydrogen) atoms. The van der Waals surface area contributed by atoms with Crippen LogP contribution in [-0.2, 0) is 15.0 Å². The van der Waals surface area contributed by atoms with E-state index in [1.54, 1.807) is 0 Å². The average Bonchev–Trinajstić information content (AvgIpc) is 3.27. The van der Waals surface area contributed by atoms with Gasteiger partial charge in [-0.2, -0.15) is 0 Å². The van der Waals surface area contributed by atoms with Crippen LogP contribution in [0.2, 0.25) is 0 Å². The van der Waals surface area contributed by atoms with Crippen molar-refractivity contribution in [1.82, 2.24) is 5.32 Å². The lowest BCUT2D eigenvalue weighted by Crippen LogP contribution is -2.42. The quantitative estimate of drug-likeness (QED) is 0.815. The number of rotatable bonds is 4. The molecule has 0 aromatic heterocycles. The molecule has 2 aromatic carbocycles. The Bertz CT molecular complexity index is 981. The predicted octanol–water partition coefficient (Wildman–Crippen LogP) is 3.51. The van der Waals surface area contributed by atoms with Gasteiger partial charge in [0.15, 0.2) is 11.5 Å². The summed E-state index contributed by atoms with van der Waals surface area (Å²) >= 11 is 0. The van der Waals surface area contributed by atoms with Crippen molar-refractivity contribution in [3.8, 4) is 11.5 Å². The SMILES string of the molecule is O=C1CC(C(=O)NCC2(c3ccc4c(c3)OCCO4)CCCC2)c2ccccc2N1. The Labute approximate surface area is 176 Å². The molecular formula is C24H26N2O4. The summed E-state index contributed by atoms with van der Waals surface area (Å²) in [7, 11) is 0. The third-order valence-electron chi connectivity index (χ3n) is 6.63. The van der Waals surface area contributed by atoms with Gasteiger partial charge in [-0.25, -0.2) is 0 Å². The minimum Gasteiger partial charge on any atom is -0.486 e. The summed E-state index contributed by atoms with van der Waals surface area (Å²) in [6.45, 7) is 1.69. The van der Waals surface area contributed by atoms with Gasteiger partial charge in [-0.15, -0.1) is 0 Å². The lowest BCUT2D eigenvalue weighted by atomic mass is 9.78. The van der Waals surface area contributed by atoms with E-state index in [0.717, 1.165) is 48.4 Å². The van der Waals surface area contributed by atoms with Crippen LogP contribution in [0.3, 0.4) is 0 Å². The fraction of sp³-hybridized carbons (Fsp3) is 0.417. The van der Waals surface area contributed by atoms with Gasteiger partial charge in [0, 0.05) is 24.1 Å². The maximum atomic E-state index is 13.1. The third kappa shape index (κ3) is 3.40. The molecule has 6 nitrogen and oxygen atoms in total. The van der Waals surface area contributed by atoms with Crippen LogP contribution in [0.25, 0.3) is 0 Å². The summed E-state index contributed by atoms with van der Waals surface area (Å²) in [4.78, 5) is 25.2. The summed E-state index contributed by atoms with van der Waals surface area (Å²) in [5.41, 5.74) is 2.69. The van der Waals surface area contributed by atoms with Crippen LogP contribution in [0.4, 0.5) is 5.69 Å². The highest BCUT2D eigenvalue weighted by Crippen LogP contribution is 2.44. The molecule has 2 heterocycles. The molecule has 2 aliphatic heterocycles. The van der Waals surface area contributed by atoms with Crippen LogP contribution in [0.5, 0.6) is 11.5 Å². The Kier molecular flexibility index (Phi) is 4.85. The number of nitrogens with one attached hydrogen (secondary N) is 2. The molecule has 1 aliphatic carbocycles. The van der Waals surface area contributed by atoms with Gasteiger partial charge in [0.2, 0.25) is 11.8 Å². The van der Waals surface area contributed by atoms with Crippen LogP contribution >= 0.6 is 0 Å². The molecule has 1 fully saturated rings. The number of ether oxygens (including phenoxy) is 2. The van der Waals surface area contributed by atoms with E-state index >= 15 is 0 Å².